The minimum Gasteiger partial charge on any atom is -0.205 e. The normalized spacial score (nSPS) is 10.1. The zero-order valence-electron chi connectivity index (χ0n) is 5.27. The van der Waals surface area contributed by atoms with Crippen molar-refractivity contribution in [1.29, 1.82) is 0 Å². The van der Waals surface area contributed by atoms with E-state index < -0.39 is 0 Å². The van der Waals surface area contributed by atoms with Gasteiger partial charge in [-0.25, -0.2) is 4.39 Å². The van der Waals surface area contributed by atoms with Gasteiger partial charge in [-0.2, -0.15) is 0 Å². The largest absolute Gasteiger partial charge is 0.205 e. The minimum absolute atomic E-state index is 0.0486. The van der Waals surface area contributed by atoms with Crippen LogP contribution in [-0.2, 0) is 0 Å². The molecule has 0 saturated heterocycles. The van der Waals surface area contributed by atoms with Gasteiger partial charge in [-0.05, 0) is 24.1 Å². The fourth-order valence-electron chi connectivity index (χ4n) is 0.544. The van der Waals surface area contributed by atoms with Gasteiger partial charge in [0.25, 0.3) is 0 Å². The van der Waals surface area contributed by atoms with Crippen LogP contribution in [0, 0.1) is 12.7 Å². The summed E-state index contributed by atoms with van der Waals surface area (Å²) in [5, 5.41) is 1.83. The van der Waals surface area contributed by atoms with Crippen LogP contribution >= 0.6 is 23.1 Å². The number of thiophene rings is 1. The second kappa shape index (κ2) is 2.71. The first-order valence-electron chi connectivity index (χ1n) is 2.53. The fourth-order valence-corrected chi connectivity index (χ4v) is 2.07. The highest BCUT2D eigenvalue weighted by Gasteiger charge is 2.04. The lowest BCUT2D eigenvalue weighted by atomic mass is 10.4. The van der Waals surface area contributed by atoms with E-state index in [1.165, 1.54) is 23.1 Å². The van der Waals surface area contributed by atoms with E-state index in [0.717, 1.165) is 9.77 Å². The molecule has 0 N–H and O–H groups in total. The van der Waals surface area contributed by atoms with Gasteiger partial charge in [-0.1, -0.05) is 0 Å². The number of hydrogen-bond donors (Lipinski definition) is 0. The third-order valence-electron chi connectivity index (χ3n) is 1.05. The Morgan fingerprint density at radius 2 is 2.33 bits per heavy atom. The van der Waals surface area contributed by atoms with E-state index in [1.54, 1.807) is 6.92 Å². The highest BCUT2D eigenvalue weighted by Crippen LogP contribution is 2.27. The van der Waals surface area contributed by atoms with Gasteiger partial charge in [0.2, 0.25) is 0 Å². The molecule has 1 aromatic rings. The lowest BCUT2D eigenvalue weighted by Crippen LogP contribution is -1.71. The van der Waals surface area contributed by atoms with Gasteiger partial charge in [0.05, 0.1) is 4.21 Å². The summed E-state index contributed by atoms with van der Waals surface area (Å²) in [7, 11) is 0. The Bertz CT molecular complexity index is 205. The highest BCUT2D eigenvalue weighted by atomic mass is 32.2. The Hall–Kier alpha value is -0.0200. The second-order valence-electron chi connectivity index (χ2n) is 1.72. The lowest BCUT2D eigenvalue weighted by molar-refractivity contribution is 0.604. The molecule has 0 atom stereocenters. The fraction of sp³-hybridized carbons (Fsp3) is 0.333. The summed E-state index contributed by atoms with van der Waals surface area (Å²) < 4.78 is 13.5. The zero-order chi connectivity index (χ0) is 6.85. The van der Waals surface area contributed by atoms with Crippen molar-refractivity contribution >= 4 is 23.1 Å². The number of rotatable bonds is 1. The topological polar surface area (TPSA) is 0 Å². The van der Waals surface area contributed by atoms with Crippen molar-refractivity contribution in [3.05, 3.63) is 16.8 Å². The number of thioether (sulfide) groups is 1. The van der Waals surface area contributed by atoms with Crippen molar-refractivity contribution in [2.75, 3.05) is 6.26 Å². The summed E-state index contributed by atoms with van der Waals surface area (Å²) in [5.74, 6) is -0.0486. The van der Waals surface area contributed by atoms with Crippen LogP contribution in [0.4, 0.5) is 4.39 Å². The predicted octanol–water partition coefficient (Wildman–Crippen LogP) is 2.92. The van der Waals surface area contributed by atoms with Gasteiger partial charge in [-0.15, -0.1) is 23.1 Å². The van der Waals surface area contributed by atoms with Crippen LogP contribution in [0.25, 0.3) is 0 Å². The Morgan fingerprint density at radius 3 is 2.56 bits per heavy atom. The molecule has 0 bridgehead atoms. The molecule has 0 aromatic carbocycles. The maximum atomic E-state index is 12.8. The smallest absolute Gasteiger partial charge is 0.150 e. The number of hydrogen-bond acceptors (Lipinski definition) is 2. The van der Waals surface area contributed by atoms with Gasteiger partial charge < -0.3 is 0 Å². The molecule has 1 rings (SSSR count). The molecule has 0 unspecified atom stereocenters. The van der Waals surface area contributed by atoms with Crippen molar-refractivity contribution in [2.45, 2.75) is 11.1 Å². The quantitative estimate of drug-likeness (QED) is 0.572. The maximum absolute atomic E-state index is 12.8. The molecule has 0 aliphatic heterocycles. The standard InChI is InChI=1S/C6H7FS2/c1-4-3-9-6(8-2)5(4)7/h3H,1-2H3. The summed E-state index contributed by atoms with van der Waals surface area (Å²) in [5.41, 5.74) is 0.754. The second-order valence-corrected chi connectivity index (χ2v) is 3.68. The van der Waals surface area contributed by atoms with Gasteiger partial charge in [0.1, 0.15) is 5.82 Å². The number of aryl methyl sites for hydroxylation is 1. The molecular formula is C6H7FS2. The van der Waals surface area contributed by atoms with Crippen LogP contribution in [-0.4, -0.2) is 6.26 Å². The van der Waals surface area contributed by atoms with Gasteiger partial charge in [0, 0.05) is 0 Å². The molecule has 9 heavy (non-hydrogen) atoms. The first kappa shape index (κ1) is 7.09. The van der Waals surface area contributed by atoms with Gasteiger partial charge >= 0.3 is 0 Å². The predicted molar refractivity (Wildman–Crippen MR) is 40.8 cm³/mol. The molecule has 0 nitrogen and oxygen atoms in total. The molecule has 0 aliphatic carbocycles. The maximum Gasteiger partial charge on any atom is 0.150 e. The highest BCUT2D eigenvalue weighted by molar-refractivity contribution is 8.00. The molecule has 0 fully saturated rings. The van der Waals surface area contributed by atoms with Crippen LogP contribution < -0.4 is 0 Å². The molecule has 0 radical (unpaired) electrons. The lowest BCUT2D eigenvalue weighted by Gasteiger charge is -1.86. The van der Waals surface area contributed by atoms with Crippen LogP contribution in [0.3, 0.4) is 0 Å². The van der Waals surface area contributed by atoms with Crippen molar-refractivity contribution < 1.29 is 4.39 Å². The molecule has 3 heteroatoms. The van der Waals surface area contributed by atoms with E-state index in [9.17, 15) is 4.39 Å². The molecule has 0 aliphatic rings. The minimum atomic E-state index is -0.0486. The first-order valence-corrected chi connectivity index (χ1v) is 4.63. The molecule has 0 saturated carbocycles. The molecule has 1 aromatic heterocycles. The van der Waals surface area contributed by atoms with Crippen LogP contribution in [0.5, 0.6) is 0 Å². The monoisotopic (exact) mass is 162 g/mol. The van der Waals surface area contributed by atoms with Crippen molar-refractivity contribution in [2.24, 2.45) is 0 Å². The zero-order valence-corrected chi connectivity index (χ0v) is 6.90. The average molecular weight is 162 g/mol. The van der Waals surface area contributed by atoms with E-state index in [-0.39, 0.29) is 5.82 Å². The Morgan fingerprint density at radius 1 is 1.67 bits per heavy atom. The van der Waals surface area contributed by atoms with Gasteiger partial charge in [0.15, 0.2) is 0 Å². The van der Waals surface area contributed by atoms with Crippen molar-refractivity contribution in [3.63, 3.8) is 0 Å². The van der Waals surface area contributed by atoms with Crippen LogP contribution in [0.1, 0.15) is 5.56 Å². The first-order chi connectivity index (χ1) is 4.25. The molecule has 50 valence electrons. The third-order valence-corrected chi connectivity index (χ3v) is 3.26. The average Bonchev–Trinajstić information content (AvgIpc) is 2.15. The van der Waals surface area contributed by atoms with Crippen LogP contribution in [0.2, 0.25) is 0 Å². The van der Waals surface area contributed by atoms with Crippen molar-refractivity contribution in [3.8, 4) is 0 Å². The van der Waals surface area contributed by atoms with E-state index in [0.29, 0.717) is 0 Å². The Kier molecular flexibility index (Phi) is 2.13. The van der Waals surface area contributed by atoms with Crippen LogP contribution in [0.15, 0.2) is 9.59 Å². The summed E-state index contributed by atoms with van der Waals surface area (Å²) in [6.07, 6.45) is 1.88. The Balaban J connectivity index is 3.04. The van der Waals surface area contributed by atoms with E-state index >= 15 is 0 Å². The molecule has 1 heterocycles. The SMILES string of the molecule is CSc1scc(C)c1F. The summed E-state index contributed by atoms with van der Waals surface area (Å²) in [6.45, 7) is 1.78. The summed E-state index contributed by atoms with van der Waals surface area (Å²) in [6, 6.07) is 0. The van der Waals surface area contributed by atoms with E-state index in [1.807, 2.05) is 11.6 Å². The molecule has 0 spiro atoms. The molecule has 0 amide bonds. The molecular weight excluding hydrogens is 155 g/mol. The Labute approximate surface area is 62.1 Å². The summed E-state index contributed by atoms with van der Waals surface area (Å²) in [4.78, 5) is 0. The third kappa shape index (κ3) is 1.27. The number of halogens is 1. The van der Waals surface area contributed by atoms with E-state index in [2.05, 4.69) is 0 Å². The summed E-state index contributed by atoms with van der Waals surface area (Å²) >= 11 is 2.92. The van der Waals surface area contributed by atoms with E-state index in [4.69, 9.17) is 0 Å². The van der Waals surface area contributed by atoms with Gasteiger partial charge in [-0.3, -0.25) is 0 Å². The van der Waals surface area contributed by atoms with Crippen molar-refractivity contribution in [1.82, 2.24) is 0 Å².